The molecule has 1 heterocycles. The number of hydrogen-bond acceptors (Lipinski definition) is 2. The Kier molecular flexibility index (Phi) is 7.57. The summed E-state index contributed by atoms with van der Waals surface area (Å²) in [4.78, 5) is 0. The summed E-state index contributed by atoms with van der Waals surface area (Å²) in [5.41, 5.74) is 0. The Morgan fingerprint density at radius 1 is 1.46 bits per heavy atom. The van der Waals surface area contributed by atoms with Crippen molar-refractivity contribution in [2.24, 2.45) is 5.92 Å². The molecule has 2 atom stereocenters. The highest BCUT2D eigenvalue weighted by Crippen LogP contribution is 2.13. The molecule has 0 radical (unpaired) electrons. The Balaban J connectivity index is 0.000000671. The third kappa shape index (κ3) is 6.22. The first-order valence-electron chi connectivity index (χ1n) is 5.27. The lowest BCUT2D eigenvalue weighted by Gasteiger charge is -2.11. The van der Waals surface area contributed by atoms with Gasteiger partial charge < -0.3 is 5.32 Å². The second-order valence-corrected chi connectivity index (χ2v) is 5.15. The van der Waals surface area contributed by atoms with E-state index in [1.54, 1.807) is 0 Å². The molecule has 1 N–H and O–H groups in total. The lowest BCUT2D eigenvalue weighted by Crippen LogP contribution is -2.29. The van der Waals surface area contributed by atoms with Gasteiger partial charge in [0, 0.05) is 28.3 Å². The zero-order chi connectivity index (χ0) is 10.3. The Morgan fingerprint density at radius 3 is 2.46 bits per heavy atom. The van der Waals surface area contributed by atoms with Crippen molar-refractivity contribution >= 4 is 10.8 Å². The largest absolute Gasteiger partial charge is 0.314 e. The van der Waals surface area contributed by atoms with Crippen LogP contribution < -0.4 is 5.32 Å². The van der Waals surface area contributed by atoms with Crippen molar-refractivity contribution in [3.63, 3.8) is 0 Å². The summed E-state index contributed by atoms with van der Waals surface area (Å²) >= 11 is 0. The zero-order valence-corrected chi connectivity index (χ0v) is 10.1. The van der Waals surface area contributed by atoms with Crippen molar-refractivity contribution in [2.45, 2.75) is 40.2 Å². The van der Waals surface area contributed by atoms with Crippen LogP contribution >= 0.6 is 0 Å². The van der Waals surface area contributed by atoms with E-state index >= 15 is 0 Å². The molecule has 1 rings (SSSR count). The lowest BCUT2D eigenvalue weighted by atomic mass is 10.1. The Labute approximate surface area is 84.9 Å². The fourth-order valence-electron chi connectivity index (χ4n) is 1.29. The summed E-state index contributed by atoms with van der Waals surface area (Å²) in [7, 11) is -0.508. The van der Waals surface area contributed by atoms with Gasteiger partial charge in [0.05, 0.1) is 0 Å². The molecule has 0 amide bonds. The van der Waals surface area contributed by atoms with Gasteiger partial charge in [0.25, 0.3) is 0 Å². The Hall–Kier alpha value is 0.110. The molecule has 1 aliphatic rings. The monoisotopic (exact) mass is 205 g/mol. The molecule has 0 aromatic rings. The lowest BCUT2D eigenvalue weighted by molar-refractivity contribution is 0.485. The predicted molar refractivity (Wildman–Crippen MR) is 60.5 cm³/mol. The van der Waals surface area contributed by atoms with Gasteiger partial charge in [-0.1, -0.05) is 27.7 Å². The Bertz CT molecular complexity index is 148. The molecule has 0 aromatic heterocycles. The van der Waals surface area contributed by atoms with Crippen LogP contribution in [0.5, 0.6) is 0 Å². The predicted octanol–water partition coefficient (Wildman–Crippen LogP) is 1.78. The molecular formula is C10H23NOS. The van der Waals surface area contributed by atoms with Gasteiger partial charge in [-0.25, -0.2) is 0 Å². The molecular weight excluding hydrogens is 182 g/mol. The molecule has 0 aliphatic carbocycles. The zero-order valence-electron chi connectivity index (χ0n) is 9.30. The van der Waals surface area contributed by atoms with Crippen LogP contribution in [-0.2, 0) is 10.8 Å². The average Bonchev–Trinajstić information content (AvgIpc) is 2.52. The van der Waals surface area contributed by atoms with Crippen molar-refractivity contribution in [3.05, 3.63) is 0 Å². The van der Waals surface area contributed by atoms with Gasteiger partial charge in [0.15, 0.2) is 0 Å². The molecule has 0 saturated carbocycles. The molecule has 2 unspecified atom stereocenters. The fourth-order valence-corrected chi connectivity index (χ4v) is 2.86. The maximum atomic E-state index is 11.0. The molecule has 1 fully saturated rings. The quantitative estimate of drug-likeness (QED) is 0.761. The van der Waals surface area contributed by atoms with Crippen molar-refractivity contribution < 1.29 is 4.21 Å². The van der Waals surface area contributed by atoms with E-state index in [0.29, 0.717) is 12.0 Å². The van der Waals surface area contributed by atoms with E-state index in [2.05, 4.69) is 19.2 Å². The standard InChI is InChI=1S/C8H17NOS.C2H6/c1-7(2)9-5-8-3-4-11(10)6-8;1-2/h7-9H,3-6H2,1-2H3;1-2H3. The normalized spacial score (nSPS) is 27.2. The summed E-state index contributed by atoms with van der Waals surface area (Å²) in [6, 6.07) is 0.559. The summed E-state index contributed by atoms with van der Waals surface area (Å²) in [5.74, 6) is 2.50. The van der Waals surface area contributed by atoms with Crippen molar-refractivity contribution in [2.75, 3.05) is 18.1 Å². The average molecular weight is 205 g/mol. The van der Waals surface area contributed by atoms with Crippen molar-refractivity contribution in [1.29, 1.82) is 0 Å². The first kappa shape index (κ1) is 13.1. The molecule has 0 bridgehead atoms. The maximum absolute atomic E-state index is 11.0. The smallest absolute Gasteiger partial charge is 0.0275 e. The number of nitrogens with one attached hydrogen (secondary N) is 1. The summed E-state index contributed by atoms with van der Waals surface area (Å²) in [5, 5.41) is 3.37. The molecule has 0 aromatic carbocycles. The summed E-state index contributed by atoms with van der Waals surface area (Å²) < 4.78 is 11.0. The van der Waals surface area contributed by atoms with Crippen molar-refractivity contribution in [3.8, 4) is 0 Å². The molecule has 3 heteroatoms. The van der Waals surface area contributed by atoms with Crippen molar-refractivity contribution in [1.82, 2.24) is 5.32 Å². The fraction of sp³-hybridized carbons (Fsp3) is 1.00. The van der Waals surface area contributed by atoms with Crippen LogP contribution in [0.3, 0.4) is 0 Å². The van der Waals surface area contributed by atoms with E-state index in [0.717, 1.165) is 24.5 Å². The molecule has 13 heavy (non-hydrogen) atoms. The van der Waals surface area contributed by atoms with Gasteiger partial charge in [0.1, 0.15) is 0 Å². The van der Waals surface area contributed by atoms with Gasteiger partial charge in [0.2, 0.25) is 0 Å². The highest BCUT2D eigenvalue weighted by atomic mass is 32.2. The highest BCUT2D eigenvalue weighted by Gasteiger charge is 2.20. The molecule has 1 aliphatic heterocycles. The molecule has 80 valence electrons. The van der Waals surface area contributed by atoms with E-state index in [1.165, 1.54) is 0 Å². The SMILES string of the molecule is CC.CC(C)NCC1CCS(=O)C1. The van der Waals surface area contributed by atoms with E-state index < -0.39 is 10.8 Å². The molecule has 1 saturated heterocycles. The van der Waals surface area contributed by atoms with Gasteiger partial charge in [-0.05, 0) is 18.9 Å². The van der Waals surface area contributed by atoms with E-state index in [1.807, 2.05) is 13.8 Å². The second-order valence-electron chi connectivity index (χ2n) is 3.53. The van der Waals surface area contributed by atoms with Crippen LogP contribution in [-0.4, -0.2) is 28.3 Å². The van der Waals surface area contributed by atoms with Crippen LogP contribution in [0.15, 0.2) is 0 Å². The van der Waals surface area contributed by atoms with Crippen LogP contribution in [0.2, 0.25) is 0 Å². The van der Waals surface area contributed by atoms with Crippen LogP contribution in [0.1, 0.15) is 34.1 Å². The minimum absolute atomic E-state index is 0.508. The van der Waals surface area contributed by atoms with Crippen LogP contribution in [0.4, 0.5) is 0 Å². The van der Waals surface area contributed by atoms with Crippen LogP contribution in [0.25, 0.3) is 0 Å². The van der Waals surface area contributed by atoms with E-state index in [9.17, 15) is 4.21 Å². The second kappa shape index (κ2) is 7.51. The minimum atomic E-state index is -0.508. The van der Waals surface area contributed by atoms with E-state index in [4.69, 9.17) is 0 Å². The van der Waals surface area contributed by atoms with Gasteiger partial charge >= 0.3 is 0 Å². The summed E-state index contributed by atoms with van der Waals surface area (Å²) in [6.45, 7) is 9.33. The Morgan fingerprint density at radius 2 is 2.08 bits per heavy atom. The summed E-state index contributed by atoms with van der Waals surface area (Å²) in [6.07, 6.45) is 1.15. The van der Waals surface area contributed by atoms with Gasteiger partial charge in [-0.2, -0.15) is 0 Å². The van der Waals surface area contributed by atoms with Gasteiger partial charge in [-0.15, -0.1) is 0 Å². The van der Waals surface area contributed by atoms with Crippen LogP contribution in [0, 0.1) is 5.92 Å². The third-order valence-corrected chi connectivity index (χ3v) is 3.52. The first-order valence-corrected chi connectivity index (χ1v) is 6.75. The topological polar surface area (TPSA) is 29.1 Å². The minimum Gasteiger partial charge on any atom is -0.314 e. The first-order chi connectivity index (χ1) is 6.18. The maximum Gasteiger partial charge on any atom is 0.0275 e. The molecule has 2 nitrogen and oxygen atoms in total. The van der Waals surface area contributed by atoms with Gasteiger partial charge in [-0.3, -0.25) is 4.21 Å². The number of rotatable bonds is 3. The number of hydrogen-bond donors (Lipinski definition) is 1. The van der Waals surface area contributed by atoms with E-state index in [-0.39, 0.29) is 0 Å². The third-order valence-electron chi connectivity index (χ3n) is 1.99. The highest BCUT2D eigenvalue weighted by molar-refractivity contribution is 7.85. The molecule has 0 spiro atoms.